The Hall–Kier alpha value is -3.94. The van der Waals surface area contributed by atoms with Gasteiger partial charge in [-0.2, -0.15) is 5.26 Å². The lowest BCUT2D eigenvalue weighted by Gasteiger charge is -2.25. The second kappa shape index (κ2) is 10.2. The molecule has 1 aliphatic rings. The minimum atomic E-state index is -2.68. The number of fused-ring (bicyclic) bond motifs is 1. The zero-order valence-electron chi connectivity index (χ0n) is 20.5. The predicted molar refractivity (Wildman–Crippen MR) is 135 cm³/mol. The highest BCUT2D eigenvalue weighted by molar-refractivity contribution is 5.68. The summed E-state index contributed by atoms with van der Waals surface area (Å²) in [5, 5.41) is 23.7. The fourth-order valence-corrected chi connectivity index (χ4v) is 4.92. The molecule has 1 saturated heterocycles. The molecular weight excluding hydrogens is 476 g/mol. The number of hydrogen-bond acceptors (Lipinski definition) is 7. The molecule has 0 aliphatic carbocycles. The van der Waals surface area contributed by atoms with Gasteiger partial charge >= 0.3 is 0 Å². The summed E-state index contributed by atoms with van der Waals surface area (Å²) in [5.41, 5.74) is 2.69. The number of nitriles is 1. The van der Waals surface area contributed by atoms with Gasteiger partial charge in [0, 0.05) is 12.2 Å². The van der Waals surface area contributed by atoms with Crippen molar-refractivity contribution in [2.75, 3.05) is 18.9 Å². The topological polar surface area (TPSA) is 102 Å². The first-order valence-electron chi connectivity index (χ1n) is 12.1. The van der Waals surface area contributed by atoms with Crippen molar-refractivity contribution in [1.82, 2.24) is 24.3 Å². The molecule has 1 aliphatic heterocycles. The number of aliphatic hydroxyl groups excluding tert-OH is 1. The van der Waals surface area contributed by atoms with E-state index in [4.69, 9.17) is 0 Å². The van der Waals surface area contributed by atoms with Crippen molar-refractivity contribution in [2.45, 2.75) is 44.4 Å². The molecule has 0 spiro atoms. The highest BCUT2D eigenvalue weighted by Gasteiger charge is 2.29. The molecular formula is C27H27F2N7O. The first-order valence-corrected chi connectivity index (χ1v) is 12.1. The van der Waals surface area contributed by atoms with Crippen molar-refractivity contribution in [2.24, 2.45) is 0 Å². The van der Waals surface area contributed by atoms with Crippen LogP contribution in [0.3, 0.4) is 0 Å². The van der Waals surface area contributed by atoms with Crippen molar-refractivity contribution in [1.29, 1.82) is 5.26 Å². The maximum Gasteiger partial charge on any atom is 0.267 e. The Kier molecular flexibility index (Phi) is 6.82. The van der Waals surface area contributed by atoms with E-state index < -0.39 is 12.5 Å². The molecule has 190 valence electrons. The maximum absolute atomic E-state index is 13.4. The van der Waals surface area contributed by atoms with Gasteiger partial charge in [0.2, 0.25) is 5.95 Å². The molecule has 3 aromatic heterocycles. The third kappa shape index (κ3) is 4.75. The number of pyridine rings is 1. The molecule has 2 N–H and O–H groups in total. The van der Waals surface area contributed by atoms with Crippen LogP contribution in [-0.4, -0.2) is 49.0 Å². The smallest absolute Gasteiger partial charge is 0.267 e. The largest absolute Gasteiger partial charge is 0.387 e. The summed E-state index contributed by atoms with van der Waals surface area (Å²) in [6.07, 6.45) is 3.31. The summed E-state index contributed by atoms with van der Waals surface area (Å²) < 4.78 is 28.4. The van der Waals surface area contributed by atoms with E-state index in [1.807, 2.05) is 38.2 Å². The number of aromatic nitrogens is 4. The van der Waals surface area contributed by atoms with Crippen LogP contribution in [0.5, 0.6) is 0 Å². The standard InChI is InChI=1S/C27H27F2N7O/c1-16(17-7-9-18(10-8-17)24(37)21-6-4-11-35(21)2)33-27-32-14-19(13-30)23(34-27)22-15-31-26-20(25(28)29)5-3-12-36(22)26/h3,5,7-10,12,14-16,21,24-25,37H,4,6,11H2,1-2H3,(H,32,33,34)/t16-,21+,24?/m0/s1. The van der Waals surface area contributed by atoms with Gasteiger partial charge in [0.1, 0.15) is 17.4 Å². The van der Waals surface area contributed by atoms with Crippen LogP contribution in [0.2, 0.25) is 0 Å². The number of likely N-dealkylation sites (tertiary alicyclic amines) is 1. The number of imidazole rings is 1. The molecule has 0 saturated carbocycles. The van der Waals surface area contributed by atoms with Crippen molar-refractivity contribution < 1.29 is 13.9 Å². The van der Waals surface area contributed by atoms with Gasteiger partial charge in [0.25, 0.3) is 6.43 Å². The minimum absolute atomic E-state index is 0.115. The molecule has 0 bridgehead atoms. The summed E-state index contributed by atoms with van der Waals surface area (Å²) in [7, 11) is 2.04. The number of rotatable bonds is 7. The van der Waals surface area contributed by atoms with E-state index in [2.05, 4.69) is 31.2 Å². The Morgan fingerprint density at radius 1 is 1.14 bits per heavy atom. The van der Waals surface area contributed by atoms with Crippen LogP contribution < -0.4 is 5.32 Å². The molecule has 3 atom stereocenters. The van der Waals surface area contributed by atoms with Gasteiger partial charge in [-0.1, -0.05) is 24.3 Å². The summed E-state index contributed by atoms with van der Waals surface area (Å²) in [6, 6.07) is 12.7. The summed E-state index contributed by atoms with van der Waals surface area (Å²) >= 11 is 0. The molecule has 0 radical (unpaired) electrons. The second-order valence-electron chi connectivity index (χ2n) is 9.34. The number of alkyl halides is 2. The van der Waals surface area contributed by atoms with Gasteiger partial charge in [-0.05, 0) is 56.6 Å². The third-order valence-electron chi connectivity index (χ3n) is 7.02. The highest BCUT2D eigenvalue weighted by Crippen LogP contribution is 2.31. The summed E-state index contributed by atoms with van der Waals surface area (Å²) in [5.74, 6) is 0.290. The number of aliphatic hydroxyl groups is 1. The molecule has 4 aromatic rings. The number of hydrogen-bond donors (Lipinski definition) is 2. The number of benzene rings is 1. The fourth-order valence-electron chi connectivity index (χ4n) is 4.92. The fraction of sp³-hybridized carbons (Fsp3) is 0.333. The number of nitrogens with zero attached hydrogens (tertiary/aromatic N) is 6. The molecule has 4 heterocycles. The van der Waals surface area contributed by atoms with E-state index in [-0.39, 0.29) is 34.8 Å². The van der Waals surface area contributed by atoms with Crippen LogP contribution in [0.15, 0.2) is 55.0 Å². The molecule has 1 unspecified atom stereocenters. The van der Waals surface area contributed by atoms with Crippen molar-refractivity contribution in [3.63, 3.8) is 0 Å². The van der Waals surface area contributed by atoms with Gasteiger partial charge in [0.05, 0.1) is 41.4 Å². The number of likely N-dealkylation sites (N-methyl/N-ethyl adjacent to an activating group) is 1. The lowest BCUT2D eigenvalue weighted by Crippen LogP contribution is -2.31. The molecule has 1 fully saturated rings. The number of halogens is 2. The van der Waals surface area contributed by atoms with Crippen LogP contribution in [0, 0.1) is 11.3 Å². The molecule has 10 heteroatoms. The quantitative estimate of drug-likeness (QED) is 0.370. The van der Waals surface area contributed by atoms with E-state index in [0.29, 0.717) is 11.4 Å². The Bertz CT molecular complexity index is 1450. The van der Waals surface area contributed by atoms with Gasteiger partial charge < -0.3 is 15.3 Å². The van der Waals surface area contributed by atoms with E-state index in [1.54, 1.807) is 6.20 Å². The van der Waals surface area contributed by atoms with Crippen molar-refractivity contribution >= 4 is 11.6 Å². The van der Waals surface area contributed by atoms with E-state index in [9.17, 15) is 19.1 Å². The van der Waals surface area contributed by atoms with E-state index >= 15 is 0 Å². The Morgan fingerprint density at radius 3 is 2.57 bits per heavy atom. The van der Waals surface area contributed by atoms with Crippen molar-refractivity contribution in [3.8, 4) is 17.5 Å². The van der Waals surface area contributed by atoms with Crippen LogP contribution in [0.25, 0.3) is 17.0 Å². The summed E-state index contributed by atoms with van der Waals surface area (Å²) in [6.45, 7) is 2.95. The zero-order valence-corrected chi connectivity index (χ0v) is 20.5. The first kappa shape index (κ1) is 24.7. The van der Waals surface area contributed by atoms with Crippen LogP contribution in [-0.2, 0) is 0 Å². The SMILES string of the molecule is C[C@H](Nc1ncc(C#N)c(-c2cnc3c(C(F)F)cccn23)n1)c1ccc(C(O)[C@H]2CCCN2C)cc1. The Balaban J connectivity index is 1.39. The Morgan fingerprint density at radius 2 is 1.89 bits per heavy atom. The highest BCUT2D eigenvalue weighted by atomic mass is 19.3. The maximum atomic E-state index is 13.4. The Labute approximate surface area is 213 Å². The molecule has 0 amide bonds. The second-order valence-corrected chi connectivity index (χ2v) is 9.34. The number of anilines is 1. The lowest BCUT2D eigenvalue weighted by molar-refractivity contribution is 0.0857. The van der Waals surface area contributed by atoms with Gasteiger partial charge in [-0.15, -0.1) is 0 Å². The van der Waals surface area contributed by atoms with Crippen LogP contribution in [0.4, 0.5) is 14.7 Å². The molecule has 5 rings (SSSR count). The van der Waals surface area contributed by atoms with E-state index in [0.717, 1.165) is 30.5 Å². The first-order chi connectivity index (χ1) is 17.9. The van der Waals surface area contributed by atoms with E-state index in [1.165, 1.54) is 28.9 Å². The average molecular weight is 504 g/mol. The zero-order chi connectivity index (χ0) is 26.1. The number of nitrogens with one attached hydrogen (secondary N) is 1. The van der Waals surface area contributed by atoms with Gasteiger partial charge in [0.15, 0.2) is 0 Å². The van der Waals surface area contributed by atoms with Crippen LogP contribution in [0.1, 0.15) is 60.6 Å². The van der Waals surface area contributed by atoms with Gasteiger partial charge in [-0.25, -0.2) is 23.7 Å². The predicted octanol–water partition coefficient (Wildman–Crippen LogP) is 4.90. The summed E-state index contributed by atoms with van der Waals surface area (Å²) in [4.78, 5) is 15.2. The average Bonchev–Trinajstić information content (AvgIpc) is 3.54. The molecule has 8 nitrogen and oxygen atoms in total. The van der Waals surface area contributed by atoms with Crippen molar-refractivity contribution in [3.05, 3.63) is 77.2 Å². The van der Waals surface area contributed by atoms with Gasteiger partial charge in [-0.3, -0.25) is 4.40 Å². The third-order valence-corrected chi connectivity index (χ3v) is 7.02. The minimum Gasteiger partial charge on any atom is -0.387 e. The lowest BCUT2D eigenvalue weighted by atomic mass is 9.98. The monoisotopic (exact) mass is 503 g/mol. The molecule has 1 aromatic carbocycles. The normalized spacial score (nSPS) is 17.7. The molecule has 37 heavy (non-hydrogen) atoms. The van der Waals surface area contributed by atoms with Crippen LogP contribution >= 0.6 is 0 Å².